The SMILES string of the molecule is CCN1CCC2(CCC1=O)CN(C(=O)c1cc(=O)[nH]o1)CCN2C. The number of carbonyl (C=O) groups is 2. The highest BCUT2D eigenvalue weighted by atomic mass is 16.5. The third-order valence-electron chi connectivity index (χ3n) is 5.41. The van der Waals surface area contributed by atoms with Crippen molar-refractivity contribution in [3.8, 4) is 0 Å². The molecule has 0 aliphatic carbocycles. The maximum atomic E-state index is 12.6. The Kier molecular flexibility index (Phi) is 4.49. The van der Waals surface area contributed by atoms with Gasteiger partial charge in [-0.15, -0.1) is 0 Å². The number of carbonyl (C=O) groups excluding carboxylic acids is 2. The van der Waals surface area contributed by atoms with E-state index in [1.807, 2.05) is 11.8 Å². The Balaban J connectivity index is 1.79. The lowest BCUT2D eigenvalue weighted by atomic mass is 9.86. The first-order valence-electron chi connectivity index (χ1n) is 8.42. The van der Waals surface area contributed by atoms with Crippen molar-refractivity contribution in [1.29, 1.82) is 0 Å². The first-order chi connectivity index (χ1) is 11.4. The van der Waals surface area contributed by atoms with E-state index in [9.17, 15) is 14.4 Å². The Hall–Kier alpha value is -2.09. The molecule has 1 N–H and O–H groups in total. The summed E-state index contributed by atoms with van der Waals surface area (Å²) in [5.41, 5.74) is -0.620. The van der Waals surface area contributed by atoms with E-state index >= 15 is 0 Å². The molecule has 1 unspecified atom stereocenters. The summed E-state index contributed by atoms with van der Waals surface area (Å²) < 4.78 is 4.95. The molecule has 132 valence electrons. The van der Waals surface area contributed by atoms with Gasteiger partial charge in [0.15, 0.2) is 0 Å². The van der Waals surface area contributed by atoms with Crippen LogP contribution < -0.4 is 5.56 Å². The smallest absolute Gasteiger partial charge is 0.292 e. The molecule has 8 heteroatoms. The Labute approximate surface area is 140 Å². The molecule has 2 fully saturated rings. The van der Waals surface area contributed by atoms with Gasteiger partial charge in [0.1, 0.15) is 0 Å². The van der Waals surface area contributed by atoms with Crippen LogP contribution in [0.25, 0.3) is 0 Å². The molecule has 1 aromatic heterocycles. The molecule has 1 aromatic rings. The van der Waals surface area contributed by atoms with Crippen molar-refractivity contribution in [3.05, 3.63) is 22.2 Å². The number of aromatic amines is 1. The average Bonchev–Trinajstić information content (AvgIpc) is 2.94. The zero-order valence-electron chi connectivity index (χ0n) is 14.2. The molecule has 1 spiro atoms. The molecule has 2 aliphatic rings. The number of hydrogen-bond acceptors (Lipinski definition) is 5. The Morgan fingerprint density at radius 1 is 1.29 bits per heavy atom. The molecule has 2 saturated heterocycles. The summed E-state index contributed by atoms with van der Waals surface area (Å²) in [7, 11) is 2.06. The molecular weight excluding hydrogens is 312 g/mol. The third-order valence-corrected chi connectivity index (χ3v) is 5.41. The number of piperazine rings is 1. The first-order valence-corrected chi connectivity index (χ1v) is 8.42. The van der Waals surface area contributed by atoms with E-state index in [4.69, 9.17) is 4.52 Å². The maximum absolute atomic E-state index is 12.6. The molecule has 3 rings (SSSR count). The Morgan fingerprint density at radius 2 is 2.08 bits per heavy atom. The van der Waals surface area contributed by atoms with Gasteiger partial charge in [0.05, 0.1) is 6.07 Å². The Bertz CT molecular complexity index is 682. The highest BCUT2D eigenvalue weighted by molar-refractivity contribution is 5.91. The molecule has 2 amide bonds. The monoisotopic (exact) mass is 336 g/mol. The van der Waals surface area contributed by atoms with Crippen LogP contribution in [-0.4, -0.2) is 77.0 Å². The summed E-state index contributed by atoms with van der Waals surface area (Å²) in [5.74, 6) is -0.0498. The number of likely N-dealkylation sites (N-methyl/N-ethyl adjacent to an activating group) is 1. The van der Waals surface area contributed by atoms with Crippen LogP contribution >= 0.6 is 0 Å². The van der Waals surface area contributed by atoms with Crippen molar-refractivity contribution in [1.82, 2.24) is 19.9 Å². The number of aromatic nitrogens is 1. The lowest BCUT2D eigenvalue weighted by Crippen LogP contribution is -2.62. The lowest BCUT2D eigenvalue weighted by Gasteiger charge is -2.49. The summed E-state index contributed by atoms with van der Waals surface area (Å²) in [5, 5.41) is 2.16. The second-order valence-electron chi connectivity index (χ2n) is 6.67. The van der Waals surface area contributed by atoms with E-state index in [1.165, 1.54) is 6.07 Å². The minimum Gasteiger partial charge on any atom is -0.373 e. The number of nitrogens with zero attached hydrogens (tertiary/aromatic N) is 3. The van der Waals surface area contributed by atoms with Crippen LogP contribution in [0.5, 0.6) is 0 Å². The van der Waals surface area contributed by atoms with Gasteiger partial charge in [-0.1, -0.05) is 0 Å². The van der Waals surface area contributed by atoms with E-state index in [0.29, 0.717) is 26.1 Å². The minimum atomic E-state index is -0.416. The van der Waals surface area contributed by atoms with Gasteiger partial charge in [-0.3, -0.25) is 19.3 Å². The van der Waals surface area contributed by atoms with Crippen LogP contribution in [0.3, 0.4) is 0 Å². The topological polar surface area (TPSA) is 89.9 Å². The van der Waals surface area contributed by atoms with Crippen LogP contribution in [0.2, 0.25) is 0 Å². The van der Waals surface area contributed by atoms with Crippen LogP contribution in [-0.2, 0) is 4.79 Å². The standard InChI is InChI=1S/C16H24N4O4/c1-3-19-7-6-16(5-4-14(19)22)11-20(9-8-18(16)2)15(23)12-10-13(21)17-24-12/h10H,3-9,11H2,1-2H3,(H,17,21). The van der Waals surface area contributed by atoms with E-state index in [-0.39, 0.29) is 23.1 Å². The number of hydrogen-bond donors (Lipinski definition) is 1. The van der Waals surface area contributed by atoms with E-state index < -0.39 is 5.56 Å². The molecule has 1 atom stereocenters. The molecule has 24 heavy (non-hydrogen) atoms. The van der Waals surface area contributed by atoms with Crippen molar-refractivity contribution in [2.24, 2.45) is 0 Å². The lowest BCUT2D eigenvalue weighted by molar-refractivity contribution is -0.130. The fourth-order valence-corrected chi connectivity index (χ4v) is 3.75. The second-order valence-corrected chi connectivity index (χ2v) is 6.67. The molecule has 0 radical (unpaired) electrons. The van der Waals surface area contributed by atoms with Crippen LogP contribution in [0.15, 0.2) is 15.4 Å². The van der Waals surface area contributed by atoms with Gasteiger partial charge in [0.2, 0.25) is 11.7 Å². The van der Waals surface area contributed by atoms with E-state index in [0.717, 1.165) is 25.9 Å². The predicted molar refractivity (Wildman–Crippen MR) is 86.7 cm³/mol. The van der Waals surface area contributed by atoms with Gasteiger partial charge in [-0.25, -0.2) is 0 Å². The van der Waals surface area contributed by atoms with Crippen molar-refractivity contribution in [2.75, 3.05) is 39.8 Å². The number of rotatable bonds is 2. The van der Waals surface area contributed by atoms with Gasteiger partial charge in [-0.2, -0.15) is 5.16 Å². The van der Waals surface area contributed by atoms with E-state index in [1.54, 1.807) is 4.90 Å². The third kappa shape index (κ3) is 2.98. The Morgan fingerprint density at radius 3 is 2.75 bits per heavy atom. The molecule has 8 nitrogen and oxygen atoms in total. The van der Waals surface area contributed by atoms with Crippen molar-refractivity contribution < 1.29 is 14.1 Å². The predicted octanol–water partition coefficient (Wildman–Crippen LogP) is 0.127. The fraction of sp³-hybridized carbons (Fsp3) is 0.688. The van der Waals surface area contributed by atoms with Crippen molar-refractivity contribution in [3.63, 3.8) is 0 Å². The largest absolute Gasteiger partial charge is 0.373 e. The van der Waals surface area contributed by atoms with Gasteiger partial charge < -0.3 is 14.3 Å². The summed E-state index contributed by atoms with van der Waals surface area (Å²) in [6.45, 7) is 5.28. The van der Waals surface area contributed by atoms with Crippen LogP contribution in [0.1, 0.15) is 36.7 Å². The van der Waals surface area contributed by atoms with Crippen molar-refractivity contribution >= 4 is 11.8 Å². The number of H-pyrrole nitrogens is 1. The molecule has 2 aliphatic heterocycles. The molecule has 0 aromatic carbocycles. The highest BCUT2D eigenvalue weighted by Crippen LogP contribution is 2.32. The molecule has 3 heterocycles. The zero-order chi connectivity index (χ0) is 17.3. The number of likely N-dealkylation sites (tertiary alicyclic amines) is 1. The summed E-state index contributed by atoms with van der Waals surface area (Å²) in [6, 6.07) is 1.18. The van der Waals surface area contributed by atoms with Crippen LogP contribution in [0.4, 0.5) is 0 Å². The first kappa shape index (κ1) is 16.8. The molecular formula is C16H24N4O4. The van der Waals surface area contributed by atoms with Gasteiger partial charge in [-0.05, 0) is 26.8 Å². The minimum absolute atomic E-state index is 0.0413. The maximum Gasteiger partial charge on any atom is 0.292 e. The second kappa shape index (κ2) is 6.43. The summed E-state index contributed by atoms with van der Waals surface area (Å²) in [4.78, 5) is 41.9. The zero-order valence-corrected chi connectivity index (χ0v) is 14.2. The molecule has 0 saturated carbocycles. The number of nitrogens with one attached hydrogen (secondary N) is 1. The van der Waals surface area contributed by atoms with Crippen molar-refractivity contribution in [2.45, 2.75) is 31.7 Å². The summed E-state index contributed by atoms with van der Waals surface area (Å²) >= 11 is 0. The van der Waals surface area contributed by atoms with E-state index in [2.05, 4.69) is 17.1 Å². The van der Waals surface area contributed by atoms with Crippen LogP contribution in [0, 0.1) is 0 Å². The van der Waals surface area contributed by atoms with Gasteiger partial charge >= 0.3 is 0 Å². The van der Waals surface area contributed by atoms with Gasteiger partial charge in [0, 0.05) is 44.7 Å². The highest BCUT2D eigenvalue weighted by Gasteiger charge is 2.43. The number of amides is 2. The van der Waals surface area contributed by atoms with Gasteiger partial charge in [0.25, 0.3) is 11.5 Å². The quantitative estimate of drug-likeness (QED) is 0.829. The average molecular weight is 336 g/mol. The summed E-state index contributed by atoms with van der Waals surface area (Å²) in [6.07, 6.45) is 2.07. The normalized spacial score (nSPS) is 26.0. The fourth-order valence-electron chi connectivity index (χ4n) is 3.75. The molecule has 0 bridgehead atoms.